The molecule has 1 N–H and O–H groups in total. The summed E-state index contributed by atoms with van der Waals surface area (Å²) in [6, 6.07) is 12.2. The molecular formula is C17H28N2. The van der Waals surface area contributed by atoms with E-state index in [4.69, 9.17) is 0 Å². The number of nitrogens with one attached hydrogen (secondary N) is 1. The van der Waals surface area contributed by atoms with Crippen LogP contribution in [-0.2, 0) is 0 Å². The topological polar surface area (TPSA) is 15.3 Å². The van der Waals surface area contributed by atoms with Crippen LogP contribution < -0.4 is 5.32 Å². The molecule has 0 amide bonds. The van der Waals surface area contributed by atoms with Crippen molar-refractivity contribution in [2.75, 3.05) is 20.1 Å². The first-order valence-electron chi connectivity index (χ1n) is 7.67. The molecule has 1 aliphatic rings. The van der Waals surface area contributed by atoms with Crippen LogP contribution in [-0.4, -0.2) is 31.1 Å². The van der Waals surface area contributed by atoms with Crippen LogP contribution in [0.5, 0.6) is 0 Å². The molecule has 0 radical (unpaired) electrons. The smallest absolute Gasteiger partial charge is 0.0385 e. The SMILES string of the molecule is CC(C)NCC1CCCCN(C)C1c1ccccc1. The van der Waals surface area contributed by atoms with Crippen molar-refractivity contribution in [1.82, 2.24) is 10.2 Å². The van der Waals surface area contributed by atoms with Crippen LogP contribution in [0, 0.1) is 5.92 Å². The monoisotopic (exact) mass is 260 g/mol. The van der Waals surface area contributed by atoms with Gasteiger partial charge in [-0.15, -0.1) is 0 Å². The van der Waals surface area contributed by atoms with Crippen molar-refractivity contribution in [3.05, 3.63) is 35.9 Å². The van der Waals surface area contributed by atoms with E-state index in [0.717, 1.165) is 12.5 Å². The zero-order valence-electron chi connectivity index (χ0n) is 12.6. The van der Waals surface area contributed by atoms with Gasteiger partial charge in [0.25, 0.3) is 0 Å². The highest BCUT2D eigenvalue weighted by molar-refractivity contribution is 5.20. The van der Waals surface area contributed by atoms with E-state index in [0.29, 0.717) is 12.1 Å². The number of hydrogen-bond donors (Lipinski definition) is 1. The molecule has 0 spiro atoms. The van der Waals surface area contributed by atoms with Crippen molar-refractivity contribution in [3.8, 4) is 0 Å². The summed E-state index contributed by atoms with van der Waals surface area (Å²) in [5.41, 5.74) is 1.47. The second-order valence-corrected chi connectivity index (χ2v) is 6.15. The Hall–Kier alpha value is -0.860. The molecule has 2 atom stereocenters. The van der Waals surface area contributed by atoms with Crippen LogP contribution in [0.25, 0.3) is 0 Å². The Labute approximate surface area is 118 Å². The first-order chi connectivity index (χ1) is 9.18. The Morgan fingerprint density at radius 2 is 1.95 bits per heavy atom. The van der Waals surface area contributed by atoms with E-state index in [2.05, 4.69) is 61.4 Å². The van der Waals surface area contributed by atoms with Gasteiger partial charge in [0, 0.05) is 18.6 Å². The molecule has 0 aliphatic carbocycles. The van der Waals surface area contributed by atoms with Crippen molar-refractivity contribution in [3.63, 3.8) is 0 Å². The number of nitrogens with zero attached hydrogens (tertiary/aromatic N) is 1. The van der Waals surface area contributed by atoms with Gasteiger partial charge in [0.05, 0.1) is 0 Å². The Balaban J connectivity index is 2.16. The third-order valence-electron chi connectivity index (χ3n) is 4.19. The lowest BCUT2D eigenvalue weighted by Crippen LogP contribution is -2.37. The summed E-state index contributed by atoms with van der Waals surface area (Å²) < 4.78 is 0. The molecule has 106 valence electrons. The number of likely N-dealkylation sites (tertiary alicyclic amines) is 1. The summed E-state index contributed by atoms with van der Waals surface area (Å²) in [5.74, 6) is 0.720. The fourth-order valence-corrected chi connectivity index (χ4v) is 3.20. The van der Waals surface area contributed by atoms with Gasteiger partial charge in [-0.1, -0.05) is 50.6 Å². The van der Waals surface area contributed by atoms with Crippen molar-refractivity contribution in [2.24, 2.45) is 5.92 Å². The molecule has 1 aromatic rings. The summed E-state index contributed by atoms with van der Waals surface area (Å²) in [4.78, 5) is 2.55. The van der Waals surface area contributed by atoms with E-state index >= 15 is 0 Å². The van der Waals surface area contributed by atoms with E-state index in [9.17, 15) is 0 Å². The molecule has 0 aromatic heterocycles. The third-order valence-corrected chi connectivity index (χ3v) is 4.19. The summed E-state index contributed by atoms with van der Waals surface area (Å²) in [5, 5.41) is 3.64. The second kappa shape index (κ2) is 7.06. The Morgan fingerprint density at radius 1 is 1.21 bits per heavy atom. The lowest BCUT2D eigenvalue weighted by Gasteiger charge is -2.33. The summed E-state index contributed by atoms with van der Waals surface area (Å²) >= 11 is 0. The highest BCUT2D eigenvalue weighted by Crippen LogP contribution is 2.33. The van der Waals surface area contributed by atoms with Gasteiger partial charge in [0.1, 0.15) is 0 Å². The number of hydrogen-bond acceptors (Lipinski definition) is 2. The average Bonchev–Trinajstić information content (AvgIpc) is 2.59. The minimum atomic E-state index is 0.565. The molecule has 1 aliphatic heterocycles. The van der Waals surface area contributed by atoms with E-state index in [1.54, 1.807) is 0 Å². The van der Waals surface area contributed by atoms with Crippen molar-refractivity contribution in [1.29, 1.82) is 0 Å². The van der Waals surface area contributed by atoms with Gasteiger partial charge in [-0.05, 0) is 37.9 Å². The first-order valence-corrected chi connectivity index (χ1v) is 7.67. The van der Waals surface area contributed by atoms with Gasteiger partial charge in [0.2, 0.25) is 0 Å². The lowest BCUT2D eigenvalue weighted by molar-refractivity contribution is 0.187. The van der Waals surface area contributed by atoms with Crippen LogP contribution >= 0.6 is 0 Å². The number of rotatable bonds is 4. The minimum Gasteiger partial charge on any atom is -0.314 e. The molecule has 0 saturated carbocycles. The van der Waals surface area contributed by atoms with E-state index in [-0.39, 0.29) is 0 Å². The average molecular weight is 260 g/mol. The quantitative estimate of drug-likeness (QED) is 0.892. The molecule has 1 saturated heterocycles. The molecule has 1 heterocycles. The van der Waals surface area contributed by atoms with Gasteiger partial charge >= 0.3 is 0 Å². The normalized spacial score (nSPS) is 25.5. The highest BCUT2D eigenvalue weighted by Gasteiger charge is 2.28. The van der Waals surface area contributed by atoms with Gasteiger partial charge < -0.3 is 5.32 Å². The fourth-order valence-electron chi connectivity index (χ4n) is 3.20. The zero-order valence-corrected chi connectivity index (χ0v) is 12.6. The molecule has 2 heteroatoms. The fraction of sp³-hybridized carbons (Fsp3) is 0.647. The Bertz CT molecular complexity index is 361. The van der Waals surface area contributed by atoms with E-state index in [1.807, 2.05) is 0 Å². The predicted molar refractivity (Wildman–Crippen MR) is 82.3 cm³/mol. The molecule has 2 unspecified atom stereocenters. The highest BCUT2D eigenvalue weighted by atomic mass is 15.1. The molecule has 1 aromatic carbocycles. The van der Waals surface area contributed by atoms with Crippen molar-refractivity contribution >= 4 is 0 Å². The molecular weight excluding hydrogens is 232 g/mol. The molecule has 2 rings (SSSR count). The lowest BCUT2D eigenvalue weighted by atomic mass is 9.89. The largest absolute Gasteiger partial charge is 0.314 e. The van der Waals surface area contributed by atoms with Gasteiger partial charge in [-0.3, -0.25) is 4.90 Å². The predicted octanol–water partition coefficient (Wildman–Crippen LogP) is 3.46. The maximum atomic E-state index is 3.64. The van der Waals surface area contributed by atoms with Crippen molar-refractivity contribution in [2.45, 2.75) is 45.2 Å². The minimum absolute atomic E-state index is 0.565. The summed E-state index contributed by atoms with van der Waals surface area (Å²) in [6.07, 6.45) is 4.03. The van der Waals surface area contributed by atoms with Crippen LogP contribution in [0.4, 0.5) is 0 Å². The maximum absolute atomic E-state index is 3.64. The van der Waals surface area contributed by atoms with Crippen LogP contribution in [0.3, 0.4) is 0 Å². The molecule has 1 fully saturated rings. The first kappa shape index (κ1) is 14.5. The maximum Gasteiger partial charge on any atom is 0.0385 e. The Kier molecular flexibility index (Phi) is 5.41. The van der Waals surface area contributed by atoms with Crippen LogP contribution in [0.1, 0.15) is 44.7 Å². The summed E-state index contributed by atoms with van der Waals surface area (Å²) in [7, 11) is 2.28. The van der Waals surface area contributed by atoms with Crippen LogP contribution in [0.2, 0.25) is 0 Å². The van der Waals surface area contributed by atoms with Gasteiger partial charge in [0.15, 0.2) is 0 Å². The van der Waals surface area contributed by atoms with Gasteiger partial charge in [-0.2, -0.15) is 0 Å². The molecule has 2 nitrogen and oxygen atoms in total. The molecule has 0 bridgehead atoms. The van der Waals surface area contributed by atoms with E-state index < -0.39 is 0 Å². The van der Waals surface area contributed by atoms with E-state index in [1.165, 1.54) is 31.4 Å². The zero-order chi connectivity index (χ0) is 13.7. The van der Waals surface area contributed by atoms with Crippen molar-refractivity contribution < 1.29 is 0 Å². The second-order valence-electron chi connectivity index (χ2n) is 6.15. The molecule has 19 heavy (non-hydrogen) atoms. The third kappa shape index (κ3) is 4.05. The number of benzene rings is 1. The summed E-state index contributed by atoms with van der Waals surface area (Å²) in [6.45, 7) is 6.81. The van der Waals surface area contributed by atoms with Crippen LogP contribution in [0.15, 0.2) is 30.3 Å². The Morgan fingerprint density at radius 3 is 2.63 bits per heavy atom. The van der Waals surface area contributed by atoms with Gasteiger partial charge in [-0.25, -0.2) is 0 Å². The standard InChI is InChI=1S/C17H28N2/c1-14(2)18-13-16-11-7-8-12-19(3)17(16)15-9-5-4-6-10-15/h4-6,9-10,14,16-18H,7-8,11-13H2,1-3H3.